The van der Waals surface area contributed by atoms with Gasteiger partial charge < -0.3 is 15.7 Å². The number of carbonyl (C=O) groups excluding carboxylic acids is 1. The van der Waals surface area contributed by atoms with Crippen molar-refractivity contribution in [3.63, 3.8) is 0 Å². The number of rotatable bonds is 5. The number of benzene rings is 1. The highest BCUT2D eigenvalue weighted by atomic mass is 16.4. The summed E-state index contributed by atoms with van der Waals surface area (Å²) in [4.78, 5) is 21.7. The molecule has 0 aliphatic carbocycles. The summed E-state index contributed by atoms with van der Waals surface area (Å²) < 4.78 is 0. The van der Waals surface area contributed by atoms with E-state index in [9.17, 15) is 9.59 Å². The average Bonchev–Trinajstić information content (AvgIpc) is 2.27. The van der Waals surface area contributed by atoms with Crippen LogP contribution >= 0.6 is 0 Å². The molecule has 3 N–H and O–H groups in total. The number of carboxylic acid groups (broad SMARTS) is 1. The summed E-state index contributed by atoms with van der Waals surface area (Å²) in [6, 6.07) is 7.13. The van der Waals surface area contributed by atoms with E-state index in [1.807, 2.05) is 31.2 Å². The number of aryl methyl sites for hydroxylation is 1. The fraction of sp³-hybridized carbons (Fsp3) is 0.333. The van der Waals surface area contributed by atoms with Crippen molar-refractivity contribution in [3.8, 4) is 0 Å². The molecule has 0 aliphatic rings. The molecule has 1 rings (SSSR count). The largest absolute Gasteiger partial charge is 0.481 e. The molecule has 0 heterocycles. The van der Waals surface area contributed by atoms with Crippen molar-refractivity contribution in [2.24, 2.45) is 0 Å². The number of carbonyl (C=O) groups is 2. The molecular formula is C12H16N2O3. The zero-order valence-corrected chi connectivity index (χ0v) is 9.69. The molecule has 0 atom stereocenters. The second kappa shape index (κ2) is 6.52. The van der Waals surface area contributed by atoms with Crippen LogP contribution in [0.15, 0.2) is 24.3 Å². The Labute approximate surface area is 99.8 Å². The molecular weight excluding hydrogens is 220 g/mol. The molecule has 5 nitrogen and oxygen atoms in total. The van der Waals surface area contributed by atoms with Gasteiger partial charge in [0.15, 0.2) is 0 Å². The summed E-state index contributed by atoms with van der Waals surface area (Å²) in [6.07, 6.45) is 0.487. The summed E-state index contributed by atoms with van der Waals surface area (Å²) in [7, 11) is 0. The highest BCUT2D eigenvalue weighted by Crippen LogP contribution is 2.12. The van der Waals surface area contributed by atoms with Gasteiger partial charge in [0, 0.05) is 18.7 Å². The molecule has 0 fully saturated rings. The van der Waals surface area contributed by atoms with Crippen molar-refractivity contribution in [2.45, 2.75) is 19.8 Å². The first-order chi connectivity index (χ1) is 8.09. The lowest BCUT2D eigenvalue weighted by Crippen LogP contribution is -2.30. The fourth-order valence-corrected chi connectivity index (χ4v) is 1.32. The van der Waals surface area contributed by atoms with Crippen molar-refractivity contribution in [3.05, 3.63) is 29.8 Å². The predicted octanol–water partition coefficient (Wildman–Crippen LogP) is 1.98. The van der Waals surface area contributed by atoms with Crippen LogP contribution in [0.2, 0.25) is 0 Å². The summed E-state index contributed by atoms with van der Waals surface area (Å²) in [6.45, 7) is 2.25. The molecule has 5 heteroatoms. The van der Waals surface area contributed by atoms with Crippen LogP contribution in [0, 0.1) is 6.92 Å². The van der Waals surface area contributed by atoms with E-state index in [0.717, 1.165) is 11.3 Å². The Morgan fingerprint density at radius 2 is 2.00 bits per heavy atom. The monoisotopic (exact) mass is 236 g/mol. The van der Waals surface area contributed by atoms with Crippen LogP contribution in [0.25, 0.3) is 0 Å². The lowest BCUT2D eigenvalue weighted by Gasteiger charge is -2.09. The molecule has 92 valence electrons. The number of urea groups is 1. The van der Waals surface area contributed by atoms with Crippen molar-refractivity contribution >= 4 is 17.7 Å². The topological polar surface area (TPSA) is 78.4 Å². The zero-order valence-electron chi connectivity index (χ0n) is 9.69. The Morgan fingerprint density at radius 1 is 1.29 bits per heavy atom. The molecule has 1 aromatic carbocycles. The molecule has 17 heavy (non-hydrogen) atoms. The number of hydrogen-bond donors (Lipinski definition) is 3. The lowest BCUT2D eigenvalue weighted by molar-refractivity contribution is -0.137. The third-order valence-electron chi connectivity index (χ3n) is 2.25. The second-order valence-corrected chi connectivity index (χ2v) is 3.69. The van der Waals surface area contributed by atoms with Crippen LogP contribution in [0.3, 0.4) is 0 Å². The fourth-order valence-electron chi connectivity index (χ4n) is 1.32. The molecule has 0 radical (unpaired) electrons. The van der Waals surface area contributed by atoms with Gasteiger partial charge in [0.05, 0.1) is 0 Å². The summed E-state index contributed by atoms with van der Waals surface area (Å²) in [5.74, 6) is -0.855. The Bertz CT molecular complexity index is 404. The van der Waals surface area contributed by atoms with Crippen LogP contribution in [0.4, 0.5) is 10.5 Å². The van der Waals surface area contributed by atoms with Crippen LogP contribution in [0.1, 0.15) is 18.4 Å². The number of carboxylic acids is 1. The molecule has 2 amide bonds. The van der Waals surface area contributed by atoms with E-state index >= 15 is 0 Å². The van der Waals surface area contributed by atoms with E-state index in [-0.39, 0.29) is 12.5 Å². The van der Waals surface area contributed by atoms with Crippen molar-refractivity contribution in [1.82, 2.24) is 5.32 Å². The smallest absolute Gasteiger partial charge is 0.319 e. The Kier molecular flexibility index (Phi) is 5.00. The Balaban J connectivity index is 2.30. The van der Waals surface area contributed by atoms with Gasteiger partial charge in [-0.1, -0.05) is 18.2 Å². The van der Waals surface area contributed by atoms with Gasteiger partial charge in [0.25, 0.3) is 0 Å². The minimum Gasteiger partial charge on any atom is -0.481 e. The molecule has 0 bridgehead atoms. The maximum absolute atomic E-state index is 11.4. The van der Waals surface area contributed by atoms with Crippen LogP contribution in [-0.4, -0.2) is 23.7 Å². The van der Waals surface area contributed by atoms with Gasteiger partial charge in [0.1, 0.15) is 0 Å². The van der Waals surface area contributed by atoms with Gasteiger partial charge in [-0.15, -0.1) is 0 Å². The minimum absolute atomic E-state index is 0.0602. The number of hydrogen-bond acceptors (Lipinski definition) is 2. The van der Waals surface area contributed by atoms with Gasteiger partial charge in [0.2, 0.25) is 0 Å². The standard InChI is InChI=1S/C12H16N2O3/c1-9-5-2-3-6-10(9)14-12(17)13-8-4-7-11(15)16/h2-3,5-6H,4,7-8H2,1H3,(H,15,16)(H2,13,14,17). The van der Waals surface area contributed by atoms with E-state index in [4.69, 9.17) is 5.11 Å². The summed E-state index contributed by atoms with van der Waals surface area (Å²) in [5, 5.41) is 13.7. The van der Waals surface area contributed by atoms with E-state index < -0.39 is 5.97 Å². The Morgan fingerprint density at radius 3 is 2.65 bits per heavy atom. The summed E-state index contributed by atoms with van der Waals surface area (Å²) in [5.41, 5.74) is 1.73. The maximum atomic E-state index is 11.4. The number of aliphatic carboxylic acids is 1. The van der Waals surface area contributed by atoms with Crippen molar-refractivity contribution in [1.29, 1.82) is 0 Å². The first kappa shape index (κ1) is 13.0. The molecule has 0 saturated carbocycles. The quantitative estimate of drug-likeness (QED) is 0.684. The lowest BCUT2D eigenvalue weighted by atomic mass is 10.2. The first-order valence-electron chi connectivity index (χ1n) is 5.42. The average molecular weight is 236 g/mol. The van der Waals surface area contributed by atoms with E-state index in [0.29, 0.717) is 13.0 Å². The van der Waals surface area contributed by atoms with Crippen molar-refractivity contribution in [2.75, 3.05) is 11.9 Å². The van der Waals surface area contributed by atoms with Gasteiger partial charge in [-0.3, -0.25) is 4.79 Å². The van der Waals surface area contributed by atoms with Crippen molar-refractivity contribution < 1.29 is 14.7 Å². The van der Waals surface area contributed by atoms with Gasteiger partial charge in [-0.25, -0.2) is 4.79 Å². The molecule has 0 unspecified atom stereocenters. The minimum atomic E-state index is -0.855. The van der Waals surface area contributed by atoms with E-state index in [2.05, 4.69) is 10.6 Å². The summed E-state index contributed by atoms with van der Waals surface area (Å²) >= 11 is 0. The van der Waals surface area contributed by atoms with Crippen LogP contribution in [-0.2, 0) is 4.79 Å². The van der Waals surface area contributed by atoms with Crippen LogP contribution < -0.4 is 10.6 Å². The normalized spacial score (nSPS) is 9.71. The molecule has 1 aromatic rings. The highest BCUT2D eigenvalue weighted by Gasteiger charge is 2.03. The molecule has 0 aromatic heterocycles. The first-order valence-corrected chi connectivity index (χ1v) is 5.42. The Hall–Kier alpha value is -2.04. The molecule has 0 aliphatic heterocycles. The van der Waals surface area contributed by atoms with Gasteiger partial charge >= 0.3 is 12.0 Å². The van der Waals surface area contributed by atoms with Crippen LogP contribution in [0.5, 0.6) is 0 Å². The van der Waals surface area contributed by atoms with E-state index in [1.54, 1.807) is 0 Å². The zero-order chi connectivity index (χ0) is 12.7. The molecule has 0 saturated heterocycles. The van der Waals surface area contributed by atoms with E-state index in [1.165, 1.54) is 0 Å². The maximum Gasteiger partial charge on any atom is 0.319 e. The number of anilines is 1. The number of amides is 2. The highest BCUT2D eigenvalue weighted by molar-refractivity contribution is 5.89. The third-order valence-corrected chi connectivity index (χ3v) is 2.25. The SMILES string of the molecule is Cc1ccccc1NC(=O)NCCCC(=O)O. The number of para-hydroxylation sites is 1. The second-order valence-electron chi connectivity index (χ2n) is 3.69. The molecule has 0 spiro atoms. The third kappa shape index (κ3) is 5.01. The van der Waals surface area contributed by atoms with Gasteiger partial charge in [-0.05, 0) is 25.0 Å². The predicted molar refractivity (Wildman–Crippen MR) is 65.1 cm³/mol. The van der Waals surface area contributed by atoms with Gasteiger partial charge in [-0.2, -0.15) is 0 Å². The number of nitrogens with one attached hydrogen (secondary N) is 2.